The molecule has 4 rings (SSSR count). The zero-order chi connectivity index (χ0) is 29.6. The van der Waals surface area contributed by atoms with Crippen molar-refractivity contribution in [2.45, 2.75) is 89.5 Å². The molecule has 2 aromatic carbocycles. The van der Waals surface area contributed by atoms with Crippen molar-refractivity contribution in [1.82, 2.24) is 10.2 Å². The molecule has 8 heteroatoms. The summed E-state index contributed by atoms with van der Waals surface area (Å²) in [6.45, 7) is 6.43. The second kappa shape index (κ2) is 13.4. The van der Waals surface area contributed by atoms with Gasteiger partial charge in [0.2, 0.25) is 0 Å². The van der Waals surface area contributed by atoms with E-state index < -0.39 is 29.8 Å². The third-order valence-corrected chi connectivity index (χ3v) is 8.00. The maximum absolute atomic E-state index is 12.8. The van der Waals surface area contributed by atoms with Crippen LogP contribution in [-0.2, 0) is 27.2 Å². The number of methoxy groups -OCH3 is 1. The second-order valence-corrected chi connectivity index (χ2v) is 12.3. The van der Waals surface area contributed by atoms with Crippen LogP contribution in [0.4, 0.5) is 4.79 Å². The number of hydrogen-bond donors (Lipinski definition) is 1. The summed E-state index contributed by atoms with van der Waals surface area (Å²) in [6, 6.07) is 15.9. The summed E-state index contributed by atoms with van der Waals surface area (Å²) in [6.07, 6.45) is 4.76. The van der Waals surface area contributed by atoms with Gasteiger partial charge in [0.1, 0.15) is 23.5 Å². The number of benzene rings is 2. The zero-order valence-electron chi connectivity index (χ0n) is 24.9. The summed E-state index contributed by atoms with van der Waals surface area (Å²) in [5, 5.41) is 13.0. The Morgan fingerprint density at radius 2 is 1.83 bits per heavy atom. The molecule has 0 aromatic heterocycles. The topological polar surface area (TPSA) is 101 Å². The highest BCUT2D eigenvalue weighted by Gasteiger charge is 2.43. The molecule has 1 saturated carbocycles. The van der Waals surface area contributed by atoms with Gasteiger partial charge in [0.05, 0.1) is 25.3 Å². The van der Waals surface area contributed by atoms with E-state index in [2.05, 4.69) is 35.7 Å². The molecule has 220 valence electrons. The van der Waals surface area contributed by atoms with Crippen LogP contribution < -0.4 is 10.1 Å². The van der Waals surface area contributed by atoms with Crippen molar-refractivity contribution in [1.29, 1.82) is 5.26 Å². The first-order chi connectivity index (χ1) is 19.6. The van der Waals surface area contributed by atoms with Gasteiger partial charge in [-0.1, -0.05) is 24.3 Å². The summed E-state index contributed by atoms with van der Waals surface area (Å²) in [7, 11) is 3.29. The van der Waals surface area contributed by atoms with E-state index in [9.17, 15) is 14.9 Å². The maximum atomic E-state index is 12.8. The first-order valence-electron chi connectivity index (χ1n) is 14.6. The van der Waals surface area contributed by atoms with Gasteiger partial charge in [-0.15, -0.1) is 0 Å². The fourth-order valence-electron chi connectivity index (χ4n) is 6.16. The molecule has 0 spiro atoms. The Labute approximate surface area is 244 Å². The van der Waals surface area contributed by atoms with Crippen LogP contribution in [0.2, 0.25) is 0 Å². The first kappa shape index (κ1) is 30.4. The molecule has 2 atom stereocenters. The van der Waals surface area contributed by atoms with Gasteiger partial charge in [0.25, 0.3) is 0 Å². The summed E-state index contributed by atoms with van der Waals surface area (Å²) < 4.78 is 16.7. The van der Waals surface area contributed by atoms with Gasteiger partial charge in [-0.2, -0.15) is 5.26 Å². The van der Waals surface area contributed by atoms with Crippen LogP contribution in [0.25, 0.3) is 0 Å². The van der Waals surface area contributed by atoms with Gasteiger partial charge in [0, 0.05) is 13.0 Å². The summed E-state index contributed by atoms with van der Waals surface area (Å²) >= 11 is 0. The van der Waals surface area contributed by atoms with Crippen LogP contribution in [-0.4, -0.2) is 55.4 Å². The number of hydrogen-bond acceptors (Lipinski definition) is 7. The average Bonchev–Trinajstić information content (AvgIpc) is 3.36. The Hall–Kier alpha value is -3.57. The minimum absolute atomic E-state index is 0.194. The molecule has 8 nitrogen and oxygen atoms in total. The van der Waals surface area contributed by atoms with Crippen molar-refractivity contribution in [3.05, 3.63) is 64.7 Å². The van der Waals surface area contributed by atoms with E-state index in [1.165, 1.54) is 23.1 Å². The van der Waals surface area contributed by atoms with E-state index in [0.29, 0.717) is 23.1 Å². The van der Waals surface area contributed by atoms with E-state index in [0.717, 1.165) is 44.2 Å². The number of nitrogens with zero attached hydrogens (tertiary/aromatic N) is 2. The van der Waals surface area contributed by atoms with Crippen molar-refractivity contribution < 1.29 is 23.8 Å². The Bertz CT molecular complexity index is 1260. The number of likely N-dealkylation sites (tertiary alicyclic amines) is 1. The molecule has 2 aromatic rings. The average molecular weight is 562 g/mol. The molecule has 1 amide bonds. The van der Waals surface area contributed by atoms with Gasteiger partial charge >= 0.3 is 12.1 Å². The predicted molar refractivity (Wildman–Crippen MR) is 157 cm³/mol. The lowest BCUT2D eigenvalue weighted by atomic mass is 9.75. The lowest BCUT2D eigenvalue weighted by Gasteiger charge is -2.30. The zero-order valence-corrected chi connectivity index (χ0v) is 24.9. The van der Waals surface area contributed by atoms with Crippen LogP contribution in [0.1, 0.15) is 81.0 Å². The molecule has 0 radical (unpaired) electrons. The molecule has 0 unspecified atom stereocenters. The quantitative estimate of drug-likeness (QED) is 0.411. The van der Waals surface area contributed by atoms with E-state index >= 15 is 0 Å². The number of carbonyl (C=O) groups is 2. The standard InChI is InChI=1S/C33H43N3O5/c1-33(2,3)41-32(38)36-21-28(18-30(36)31(37)39-5)40-27-16-23(15-24(17-27)19-34)14-22-10-12-25(13-11-22)29-9-7-6-8-26(29)20-35-4/h6-9,15-17,22,25,28,30,35H,10-14,18,20-21H2,1-5H3/t22-,25-,28-,30-/m0/s1. The van der Waals surface area contributed by atoms with Gasteiger partial charge in [-0.05, 0) is 107 Å². The highest BCUT2D eigenvalue weighted by atomic mass is 16.6. The Morgan fingerprint density at radius 1 is 1.10 bits per heavy atom. The van der Waals surface area contributed by atoms with Crippen molar-refractivity contribution >= 4 is 12.1 Å². The SMILES string of the molecule is CNCc1ccccc1[C@H]1CC[C@H](Cc2cc(C#N)cc(O[C@H]3C[C@@H](C(=O)OC)N(C(=O)OC(C)(C)C)C3)c2)CC1. The minimum atomic E-state index is -0.785. The smallest absolute Gasteiger partial charge is 0.411 e. The normalized spacial score (nSPS) is 22.6. The van der Waals surface area contributed by atoms with Crippen molar-refractivity contribution in [2.24, 2.45) is 5.92 Å². The predicted octanol–water partition coefficient (Wildman–Crippen LogP) is 5.72. The Balaban J connectivity index is 1.41. The Kier molecular flexibility index (Phi) is 9.93. The molecule has 2 fully saturated rings. The highest BCUT2D eigenvalue weighted by Crippen LogP contribution is 2.39. The molecule has 2 aliphatic rings. The number of carbonyl (C=O) groups excluding carboxylic acids is 2. The van der Waals surface area contributed by atoms with E-state index in [1.807, 2.05) is 19.2 Å². The lowest BCUT2D eigenvalue weighted by Crippen LogP contribution is -2.44. The molecule has 0 bridgehead atoms. The molecule has 1 N–H and O–H groups in total. The lowest BCUT2D eigenvalue weighted by molar-refractivity contribution is -0.145. The van der Waals surface area contributed by atoms with Gasteiger partial charge in [-0.3, -0.25) is 4.90 Å². The second-order valence-electron chi connectivity index (χ2n) is 12.3. The van der Waals surface area contributed by atoms with Gasteiger partial charge < -0.3 is 19.5 Å². The third kappa shape index (κ3) is 8.01. The maximum Gasteiger partial charge on any atom is 0.411 e. The van der Waals surface area contributed by atoms with E-state index in [1.54, 1.807) is 26.8 Å². The van der Waals surface area contributed by atoms with Crippen LogP contribution in [0.3, 0.4) is 0 Å². The van der Waals surface area contributed by atoms with E-state index in [-0.39, 0.29) is 13.0 Å². The van der Waals surface area contributed by atoms with Crippen molar-refractivity contribution in [3.63, 3.8) is 0 Å². The number of nitriles is 1. The van der Waals surface area contributed by atoms with Crippen LogP contribution in [0, 0.1) is 17.2 Å². The van der Waals surface area contributed by atoms with Crippen molar-refractivity contribution in [2.75, 3.05) is 20.7 Å². The molecular formula is C33H43N3O5. The molecule has 1 heterocycles. The number of esters is 1. The first-order valence-corrected chi connectivity index (χ1v) is 14.6. The summed E-state index contributed by atoms with van der Waals surface area (Å²) in [5.41, 5.74) is 3.77. The molecule has 1 aliphatic heterocycles. The molecule has 41 heavy (non-hydrogen) atoms. The monoisotopic (exact) mass is 561 g/mol. The Morgan fingerprint density at radius 3 is 2.49 bits per heavy atom. The van der Waals surface area contributed by atoms with E-state index in [4.69, 9.17) is 14.2 Å². The number of ether oxygens (including phenoxy) is 3. The number of rotatable bonds is 8. The van der Waals surface area contributed by atoms with Crippen LogP contribution >= 0.6 is 0 Å². The molecular weight excluding hydrogens is 518 g/mol. The van der Waals surface area contributed by atoms with Gasteiger partial charge in [0.15, 0.2) is 0 Å². The summed E-state index contributed by atoms with van der Waals surface area (Å²) in [4.78, 5) is 26.7. The largest absolute Gasteiger partial charge is 0.488 e. The molecule has 1 aliphatic carbocycles. The summed E-state index contributed by atoms with van der Waals surface area (Å²) in [5.74, 6) is 1.20. The third-order valence-electron chi connectivity index (χ3n) is 8.00. The number of amides is 1. The minimum Gasteiger partial charge on any atom is -0.488 e. The van der Waals surface area contributed by atoms with Crippen LogP contribution in [0.15, 0.2) is 42.5 Å². The molecule has 1 saturated heterocycles. The van der Waals surface area contributed by atoms with Gasteiger partial charge in [-0.25, -0.2) is 9.59 Å². The highest BCUT2D eigenvalue weighted by molar-refractivity contribution is 5.82. The van der Waals surface area contributed by atoms with Crippen LogP contribution in [0.5, 0.6) is 5.75 Å². The fourth-order valence-corrected chi connectivity index (χ4v) is 6.16. The van der Waals surface area contributed by atoms with Crippen molar-refractivity contribution in [3.8, 4) is 11.8 Å². The number of nitrogens with one attached hydrogen (secondary N) is 1. The fraction of sp³-hybridized carbons (Fsp3) is 0.545.